The minimum Gasteiger partial charge on any atom is -0.351 e. The van der Waals surface area contributed by atoms with E-state index in [1.54, 1.807) is 0 Å². The lowest BCUT2D eigenvalue weighted by atomic mass is 9.77. The van der Waals surface area contributed by atoms with Gasteiger partial charge in [0.05, 0.1) is 0 Å². The van der Waals surface area contributed by atoms with Crippen molar-refractivity contribution < 1.29 is 4.79 Å². The van der Waals surface area contributed by atoms with E-state index >= 15 is 0 Å². The molecule has 15 heavy (non-hydrogen) atoms. The Hall–Kier alpha value is -0.530. The van der Waals surface area contributed by atoms with Gasteiger partial charge in [0.15, 0.2) is 0 Å². The summed E-state index contributed by atoms with van der Waals surface area (Å²) >= 11 is 0. The minimum absolute atomic E-state index is 0.166. The zero-order chi connectivity index (χ0) is 10.7. The summed E-state index contributed by atoms with van der Waals surface area (Å²) in [6.45, 7) is 2.22. The van der Waals surface area contributed by atoms with Crippen LogP contribution in [0, 0.1) is 5.92 Å². The Labute approximate surface area is 92.8 Å². The Kier molecular flexibility index (Phi) is 3.32. The van der Waals surface area contributed by atoms with Crippen molar-refractivity contribution in [2.24, 2.45) is 5.92 Å². The molecule has 86 valence electrons. The van der Waals surface area contributed by atoms with Crippen molar-refractivity contribution in [1.29, 1.82) is 0 Å². The highest BCUT2D eigenvalue weighted by molar-refractivity contribution is 5.79. The average Bonchev–Trinajstić information content (AvgIpc) is 2.62. The van der Waals surface area contributed by atoms with Gasteiger partial charge in [0.2, 0.25) is 5.91 Å². The number of nitrogens with one attached hydrogen (secondary N) is 1. The predicted molar refractivity (Wildman–Crippen MR) is 61.6 cm³/mol. The molecule has 0 aromatic heterocycles. The predicted octanol–water partition coefficient (Wildman–Crippen LogP) is 3.02. The van der Waals surface area contributed by atoms with Gasteiger partial charge in [-0.3, -0.25) is 4.79 Å². The first-order valence-corrected chi connectivity index (χ1v) is 6.55. The average molecular weight is 209 g/mol. The standard InChI is InChI=1S/C13H23NO/c1-2-13(9-8-12(15)14-13)10-11-6-4-3-5-7-11/h11H,2-10H2,1H3,(H,14,15). The SMILES string of the molecule is CCC1(CC2CCCCC2)CCC(=O)N1. The van der Waals surface area contributed by atoms with Crippen LogP contribution in [0.15, 0.2) is 0 Å². The second-order valence-electron chi connectivity index (χ2n) is 5.39. The highest BCUT2D eigenvalue weighted by atomic mass is 16.2. The highest BCUT2D eigenvalue weighted by Gasteiger charge is 2.37. The van der Waals surface area contributed by atoms with Crippen LogP contribution < -0.4 is 5.32 Å². The molecule has 2 rings (SSSR count). The van der Waals surface area contributed by atoms with Crippen molar-refractivity contribution in [3.05, 3.63) is 0 Å². The van der Waals surface area contributed by atoms with Gasteiger partial charge >= 0.3 is 0 Å². The van der Waals surface area contributed by atoms with Crippen LogP contribution in [0.4, 0.5) is 0 Å². The van der Waals surface area contributed by atoms with Gasteiger partial charge in [0, 0.05) is 12.0 Å². The lowest BCUT2D eigenvalue weighted by Crippen LogP contribution is -2.42. The lowest BCUT2D eigenvalue weighted by Gasteiger charge is -2.34. The summed E-state index contributed by atoms with van der Waals surface area (Å²) in [5.41, 5.74) is 0.166. The Bertz CT molecular complexity index is 233. The number of amides is 1. The fourth-order valence-corrected chi connectivity index (χ4v) is 3.28. The molecular weight excluding hydrogens is 186 g/mol. The summed E-state index contributed by atoms with van der Waals surface area (Å²) in [5.74, 6) is 1.14. The summed E-state index contributed by atoms with van der Waals surface area (Å²) < 4.78 is 0. The van der Waals surface area contributed by atoms with Gasteiger partial charge in [-0.25, -0.2) is 0 Å². The molecule has 1 aliphatic carbocycles. The molecule has 1 unspecified atom stereocenters. The molecule has 0 aromatic rings. The monoisotopic (exact) mass is 209 g/mol. The Morgan fingerprint density at radius 1 is 1.33 bits per heavy atom. The van der Waals surface area contributed by atoms with Crippen molar-refractivity contribution >= 4 is 5.91 Å². The molecule has 0 radical (unpaired) electrons. The molecule has 0 spiro atoms. The maximum Gasteiger partial charge on any atom is 0.220 e. The second kappa shape index (κ2) is 4.54. The molecule has 0 bridgehead atoms. The number of hydrogen-bond donors (Lipinski definition) is 1. The Balaban J connectivity index is 1.92. The maximum absolute atomic E-state index is 11.3. The zero-order valence-corrected chi connectivity index (χ0v) is 9.85. The van der Waals surface area contributed by atoms with Crippen LogP contribution in [-0.2, 0) is 4.79 Å². The summed E-state index contributed by atoms with van der Waals surface area (Å²) in [5, 5.41) is 3.23. The third kappa shape index (κ3) is 2.53. The molecule has 1 amide bonds. The van der Waals surface area contributed by atoms with Crippen LogP contribution in [0.2, 0.25) is 0 Å². The second-order valence-corrected chi connectivity index (χ2v) is 5.39. The number of rotatable bonds is 3. The third-order valence-electron chi connectivity index (χ3n) is 4.32. The fraction of sp³-hybridized carbons (Fsp3) is 0.923. The summed E-state index contributed by atoms with van der Waals surface area (Å²) in [6, 6.07) is 0. The van der Waals surface area contributed by atoms with Crippen molar-refractivity contribution in [2.45, 2.75) is 70.3 Å². The van der Waals surface area contributed by atoms with Crippen molar-refractivity contribution in [1.82, 2.24) is 5.32 Å². The molecule has 1 N–H and O–H groups in total. The molecule has 2 fully saturated rings. The molecule has 2 heteroatoms. The van der Waals surface area contributed by atoms with E-state index in [2.05, 4.69) is 12.2 Å². The largest absolute Gasteiger partial charge is 0.351 e. The van der Waals surface area contributed by atoms with Gasteiger partial charge in [-0.1, -0.05) is 39.0 Å². The number of carbonyl (C=O) groups is 1. The van der Waals surface area contributed by atoms with E-state index < -0.39 is 0 Å². The summed E-state index contributed by atoms with van der Waals surface area (Å²) in [6.07, 6.45) is 11.2. The lowest BCUT2D eigenvalue weighted by molar-refractivity contribution is -0.119. The Morgan fingerprint density at radius 2 is 2.07 bits per heavy atom. The van der Waals surface area contributed by atoms with E-state index in [-0.39, 0.29) is 11.4 Å². The van der Waals surface area contributed by atoms with E-state index in [1.807, 2.05) is 0 Å². The van der Waals surface area contributed by atoms with Crippen LogP contribution >= 0.6 is 0 Å². The van der Waals surface area contributed by atoms with Gasteiger partial charge in [0.25, 0.3) is 0 Å². The summed E-state index contributed by atoms with van der Waals surface area (Å²) in [4.78, 5) is 11.3. The van der Waals surface area contributed by atoms with Gasteiger partial charge in [-0.2, -0.15) is 0 Å². The normalized spacial score (nSPS) is 33.0. The number of hydrogen-bond acceptors (Lipinski definition) is 1. The molecule has 1 saturated carbocycles. The van der Waals surface area contributed by atoms with Crippen LogP contribution in [0.5, 0.6) is 0 Å². The molecule has 1 saturated heterocycles. The highest BCUT2D eigenvalue weighted by Crippen LogP contribution is 2.36. The molecule has 0 aromatic carbocycles. The van der Waals surface area contributed by atoms with E-state index in [4.69, 9.17) is 0 Å². The first-order valence-electron chi connectivity index (χ1n) is 6.55. The molecule has 1 heterocycles. The topological polar surface area (TPSA) is 29.1 Å². The van der Waals surface area contributed by atoms with Crippen LogP contribution in [0.1, 0.15) is 64.7 Å². The van der Waals surface area contributed by atoms with Crippen molar-refractivity contribution in [3.8, 4) is 0 Å². The molecule has 2 aliphatic rings. The Morgan fingerprint density at radius 3 is 2.60 bits per heavy atom. The third-order valence-corrected chi connectivity index (χ3v) is 4.32. The van der Waals surface area contributed by atoms with Crippen molar-refractivity contribution in [2.75, 3.05) is 0 Å². The van der Waals surface area contributed by atoms with Gasteiger partial charge < -0.3 is 5.32 Å². The molecular formula is C13H23NO. The zero-order valence-electron chi connectivity index (χ0n) is 9.85. The number of carbonyl (C=O) groups excluding carboxylic acids is 1. The minimum atomic E-state index is 0.166. The van der Waals surface area contributed by atoms with E-state index in [1.165, 1.54) is 38.5 Å². The van der Waals surface area contributed by atoms with Crippen LogP contribution in [0.3, 0.4) is 0 Å². The van der Waals surface area contributed by atoms with E-state index in [0.29, 0.717) is 0 Å². The first-order chi connectivity index (χ1) is 7.24. The van der Waals surface area contributed by atoms with E-state index in [0.717, 1.165) is 25.2 Å². The first kappa shape index (κ1) is 11.0. The maximum atomic E-state index is 11.3. The summed E-state index contributed by atoms with van der Waals surface area (Å²) in [7, 11) is 0. The fourth-order valence-electron chi connectivity index (χ4n) is 3.28. The van der Waals surface area contributed by atoms with Crippen LogP contribution in [0.25, 0.3) is 0 Å². The van der Waals surface area contributed by atoms with Crippen molar-refractivity contribution in [3.63, 3.8) is 0 Å². The van der Waals surface area contributed by atoms with Gasteiger partial charge in [0.1, 0.15) is 0 Å². The molecule has 1 aliphatic heterocycles. The van der Waals surface area contributed by atoms with E-state index in [9.17, 15) is 4.79 Å². The van der Waals surface area contributed by atoms with Gasteiger partial charge in [-0.15, -0.1) is 0 Å². The molecule has 2 nitrogen and oxygen atoms in total. The quantitative estimate of drug-likeness (QED) is 0.760. The van der Waals surface area contributed by atoms with Gasteiger partial charge in [-0.05, 0) is 25.2 Å². The smallest absolute Gasteiger partial charge is 0.220 e. The van der Waals surface area contributed by atoms with Crippen LogP contribution in [-0.4, -0.2) is 11.4 Å². The molecule has 1 atom stereocenters.